The lowest BCUT2D eigenvalue weighted by Crippen LogP contribution is -2.16. The monoisotopic (exact) mass is 1210 g/mol. The minimum absolute atomic E-state index is 0.114. The molecule has 15 rings (SSSR count). The number of allylic oxidation sites excluding steroid dienone is 3. The Morgan fingerprint density at radius 3 is 1.18 bits per heavy atom. The third-order valence-electron chi connectivity index (χ3n) is 17.4. The van der Waals surface area contributed by atoms with Crippen LogP contribution in [0.3, 0.4) is 0 Å². The Bertz CT molecular complexity index is 5330. The summed E-state index contributed by atoms with van der Waals surface area (Å²) in [7, 11) is 0. The van der Waals surface area contributed by atoms with Gasteiger partial charge in [0.05, 0.1) is 67.9 Å². The van der Waals surface area contributed by atoms with Crippen LogP contribution in [-0.2, 0) is 6.18 Å². The number of aromatic nitrogens is 5. The number of benzene rings is 10. The van der Waals surface area contributed by atoms with Gasteiger partial charge >= 0.3 is 6.18 Å². The summed E-state index contributed by atoms with van der Waals surface area (Å²) in [6.07, 6.45) is 4.31. The highest BCUT2D eigenvalue weighted by atomic mass is 19.4. The van der Waals surface area contributed by atoms with Crippen LogP contribution in [-0.4, -0.2) is 30.8 Å². The van der Waals surface area contributed by atoms with Crippen LogP contribution < -0.4 is 0 Å². The molecule has 7 nitrogen and oxygen atoms in total. The number of pyridine rings is 3. The van der Waals surface area contributed by atoms with Crippen molar-refractivity contribution in [3.8, 4) is 95.7 Å². The number of nitrogens with zero attached hydrogens (tertiary/aromatic N) is 7. The first-order valence-electron chi connectivity index (χ1n) is 30.4. The van der Waals surface area contributed by atoms with Gasteiger partial charge in [-0.25, -0.2) is 0 Å². The van der Waals surface area contributed by atoms with Crippen LogP contribution in [0.1, 0.15) is 29.2 Å². The predicted octanol–water partition coefficient (Wildman–Crippen LogP) is 21.8. The highest BCUT2D eigenvalue weighted by Crippen LogP contribution is 2.48. The van der Waals surface area contributed by atoms with Crippen molar-refractivity contribution in [2.75, 3.05) is 0 Å². The molecule has 15 aromatic rings. The SMILES string of the molecule is C=N/C(=C\C=C(/C)c1ccc2c3ccc(-c4ccc(-c5ccccc5)nc4)cc3n(-c3cc(-c4cccc(C#N)c4)cc(-n4c5cc(-c6ccc(-c7ccccc7)nc6)ccc5c5ccc(-c6ccc(-c7ccccc7)nc6)cc54)c3C(F)(F)F)c2c1)c1ccccc1. The lowest BCUT2D eigenvalue weighted by Gasteiger charge is -2.23. The van der Waals surface area contributed by atoms with Gasteiger partial charge in [-0.15, -0.1) is 0 Å². The second kappa shape index (κ2) is 23.9. The fourth-order valence-electron chi connectivity index (χ4n) is 12.7. The van der Waals surface area contributed by atoms with Crippen LogP contribution in [0.5, 0.6) is 0 Å². The molecule has 10 aromatic carbocycles. The van der Waals surface area contributed by atoms with Gasteiger partial charge in [0.2, 0.25) is 0 Å². The van der Waals surface area contributed by atoms with E-state index in [9.17, 15) is 5.26 Å². The molecule has 0 fully saturated rings. The van der Waals surface area contributed by atoms with Crippen molar-refractivity contribution in [2.45, 2.75) is 13.1 Å². The summed E-state index contributed by atoms with van der Waals surface area (Å²) in [6.45, 7) is 5.84. The number of aliphatic imine (C=N–C) groups is 1. The van der Waals surface area contributed by atoms with E-state index in [1.54, 1.807) is 39.5 Å². The van der Waals surface area contributed by atoms with Crippen LogP contribution in [0.15, 0.2) is 303 Å². The van der Waals surface area contributed by atoms with Gasteiger partial charge in [-0.05, 0) is 125 Å². The van der Waals surface area contributed by atoms with Crippen molar-refractivity contribution in [3.05, 3.63) is 320 Å². The van der Waals surface area contributed by atoms with Crippen molar-refractivity contribution < 1.29 is 13.2 Å². The molecule has 0 radical (unpaired) electrons. The average molecular weight is 1210 g/mol. The zero-order chi connectivity index (χ0) is 63.2. The second-order valence-corrected chi connectivity index (χ2v) is 23.0. The van der Waals surface area contributed by atoms with E-state index < -0.39 is 11.7 Å². The van der Waals surface area contributed by atoms with Gasteiger partial charge in [0, 0.05) is 79.1 Å². The van der Waals surface area contributed by atoms with Crippen LogP contribution in [0.4, 0.5) is 13.2 Å². The van der Waals surface area contributed by atoms with Gasteiger partial charge in [-0.1, -0.05) is 206 Å². The maximum absolute atomic E-state index is 17.7. The Hall–Kier alpha value is -12.3. The number of hydrogen-bond donors (Lipinski definition) is 0. The molecule has 0 N–H and O–H groups in total. The maximum Gasteiger partial charge on any atom is 0.420 e. The molecule has 442 valence electrons. The molecule has 5 heterocycles. The molecule has 0 spiro atoms. The Balaban J connectivity index is 1.02. The summed E-state index contributed by atoms with van der Waals surface area (Å²) in [5, 5.41) is 13.4. The minimum Gasteiger partial charge on any atom is -0.308 e. The molecule has 0 aliphatic heterocycles. The molecule has 0 aliphatic carbocycles. The van der Waals surface area contributed by atoms with Gasteiger partial charge in [-0.3, -0.25) is 19.9 Å². The first-order chi connectivity index (χ1) is 45.5. The Morgan fingerprint density at radius 1 is 0.398 bits per heavy atom. The van der Waals surface area contributed by atoms with Crippen molar-refractivity contribution in [1.82, 2.24) is 24.1 Å². The number of alkyl halides is 3. The van der Waals surface area contributed by atoms with Crippen molar-refractivity contribution >= 4 is 61.6 Å². The third kappa shape index (κ3) is 10.8. The molecule has 0 saturated heterocycles. The fourth-order valence-corrected chi connectivity index (χ4v) is 12.7. The highest BCUT2D eigenvalue weighted by molar-refractivity contribution is 6.13. The summed E-state index contributed by atoms with van der Waals surface area (Å²) in [5.41, 5.74) is 15.5. The molecule has 0 aliphatic rings. The number of hydrogen-bond acceptors (Lipinski definition) is 5. The van der Waals surface area contributed by atoms with Gasteiger partial charge in [0.25, 0.3) is 0 Å². The number of halogens is 3. The van der Waals surface area contributed by atoms with Crippen LogP contribution in [0.25, 0.3) is 145 Å². The first-order valence-corrected chi connectivity index (χ1v) is 30.4. The molecule has 5 aromatic heterocycles. The van der Waals surface area contributed by atoms with Crippen LogP contribution >= 0.6 is 0 Å². The van der Waals surface area contributed by atoms with Crippen molar-refractivity contribution in [3.63, 3.8) is 0 Å². The van der Waals surface area contributed by atoms with E-state index in [2.05, 4.69) is 17.8 Å². The molecular weight excluding hydrogens is 1150 g/mol. The van der Waals surface area contributed by atoms with Crippen LogP contribution in [0.2, 0.25) is 0 Å². The summed E-state index contributed by atoms with van der Waals surface area (Å²) in [6, 6.07) is 87.9. The van der Waals surface area contributed by atoms with E-state index in [4.69, 9.17) is 15.0 Å². The van der Waals surface area contributed by atoms with Gasteiger partial charge in [0.1, 0.15) is 5.56 Å². The van der Waals surface area contributed by atoms with Gasteiger partial charge in [0.15, 0.2) is 0 Å². The lowest BCUT2D eigenvalue weighted by molar-refractivity contribution is -0.137. The van der Waals surface area contributed by atoms with E-state index in [-0.39, 0.29) is 11.4 Å². The molecule has 0 unspecified atom stereocenters. The normalized spacial score (nSPS) is 12.0. The summed E-state index contributed by atoms with van der Waals surface area (Å²) < 4.78 is 56.8. The van der Waals surface area contributed by atoms with Crippen molar-refractivity contribution in [2.24, 2.45) is 4.99 Å². The Kier molecular flexibility index (Phi) is 14.7. The molecular formula is C83H54F3N7. The van der Waals surface area contributed by atoms with E-state index in [1.807, 2.05) is 274 Å². The molecule has 0 amide bonds. The third-order valence-corrected chi connectivity index (χ3v) is 17.4. The van der Waals surface area contributed by atoms with E-state index in [1.165, 1.54) is 0 Å². The van der Waals surface area contributed by atoms with Crippen LogP contribution in [0, 0.1) is 11.3 Å². The average Bonchev–Trinajstić information content (AvgIpc) is 1.60. The number of fused-ring (bicyclic) bond motifs is 6. The zero-order valence-corrected chi connectivity index (χ0v) is 50.3. The smallest absolute Gasteiger partial charge is 0.308 e. The molecule has 0 atom stereocenters. The van der Waals surface area contributed by atoms with Gasteiger partial charge in [-0.2, -0.15) is 18.4 Å². The minimum atomic E-state index is -4.99. The van der Waals surface area contributed by atoms with E-state index in [0.717, 1.165) is 105 Å². The number of nitriles is 1. The fraction of sp³-hybridized carbons (Fsp3) is 0.0241. The second-order valence-electron chi connectivity index (χ2n) is 23.0. The van der Waals surface area contributed by atoms with Crippen molar-refractivity contribution in [1.29, 1.82) is 5.26 Å². The Labute approximate surface area is 535 Å². The lowest BCUT2D eigenvalue weighted by atomic mass is 9.97. The maximum atomic E-state index is 17.7. The highest BCUT2D eigenvalue weighted by Gasteiger charge is 2.40. The molecule has 93 heavy (non-hydrogen) atoms. The largest absolute Gasteiger partial charge is 0.420 e. The summed E-state index contributed by atoms with van der Waals surface area (Å²) >= 11 is 0. The predicted molar refractivity (Wildman–Crippen MR) is 374 cm³/mol. The quantitative estimate of drug-likeness (QED) is 0.0850. The number of rotatable bonds is 13. The first kappa shape index (κ1) is 57.1. The molecule has 0 saturated carbocycles. The Morgan fingerprint density at radius 2 is 0.785 bits per heavy atom. The summed E-state index contributed by atoms with van der Waals surface area (Å²) in [5.74, 6) is 0. The zero-order valence-electron chi connectivity index (χ0n) is 50.3. The molecule has 0 bridgehead atoms. The standard InChI is InChI=1S/C83H54F3N7/c1-53(26-38-72(88-2)55-17-7-3-8-18-55)59-27-34-68-69-35-28-61(64-31-39-73(89-50-64)56-19-9-4-10-20-56)44-77(69)92(76(68)43-59)80-47-67(60-25-15-16-54(42-60)49-87)48-81(82(80)83(84,85)86)93-78-45-62(65-32-40-74(90-51-65)57-21-11-5-12-22-57)29-36-70(78)71-37-30-63(46-79(71)93)66-33-41-75(91-52-66)58-23-13-6-14-24-58/h3-48,50-52H,2H2,1H3/b53-26+,72-38-. The molecule has 10 heteroatoms. The topological polar surface area (TPSA) is 84.7 Å². The summed E-state index contributed by atoms with van der Waals surface area (Å²) in [4.78, 5) is 19.0. The van der Waals surface area contributed by atoms with Gasteiger partial charge < -0.3 is 9.13 Å². The van der Waals surface area contributed by atoms with E-state index >= 15 is 13.2 Å². The van der Waals surface area contributed by atoms with E-state index in [0.29, 0.717) is 44.5 Å².